The number of carboxylic acid groups (broad SMARTS) is 1. The van der Waals surface area contributed by atoms with Gasteiger partial charge in [0, 0.05) is 0 Å². The Morgan fingerprint density at radius 3 is 2.71 bits per heavy atom. The fraction of sp³-hybridized carbons (Fsp3) is 0.462. The molecule has 0 radical (unpaired) electrons. The van der Waals surface area contributed by atoms with Crippen molar-refractivity contribution in [3.05, 3.63) is 22.8 Å². The Morgan fingerprint density at radius 1 is 1.35 bits per heavy atom. The van der Waals surface area contributed by atoms with Crippen LogP contribution in [0.4, 0.5) is 5.69 Å². The van der Waals surface area contributed by atoms with Gasteiger partial charge in [0.15, 0.2) is 5.75 Å². The van der Waals surface area contributed by atoms with Gasteiger partial charge in [-0.05, 0) is 42.9 Å². The molecule has 3 N–H and O–H groups in total. The molecule has 4 nitrogen and oxygen atoms in total. The zero-order valence-electron chi connectivity index (χ0n) is 9.95. The Balaban J connectivity index is 2.61. The fourth-order valence-electron chi connectivity index (χ4n) is 2.47. The number of rotatable bonds is 2. The molecule has 4 heteroatoms. The molecule has 0 amide bonds. The molecule has 1 aromatic carbocycles. The number of hydrogen-bond acceptors (Lipinski definition) is 3. The zero-order chi connectivity index (χ0) is 12.4. The Kier molecular flexibility index (Phi) is 3.22. The van der Waals surface area contributed by atoms with Crippen molar-refractivity contribution in [1.29, 1.82) is 0 Å². The van der Waals surface area contributed by atoms with Crippen molar-refractivity contribution in [1.82, 2.24) is 0 Å². The van der Waals surface area contributed by atoms with Gasteiger partial charge in [-0.25, -0.2) is 4.79 Å². The van der Waals surface area contributed by atoms with Crippen molar-refractivity contribution in [3.63, 3.8) is 0 Å². The molecular formula is C13H17NO3. The van der Waals surface area contributed by atoms with Crippen molar-refractivity contribution in [2.24, 2.45) is 0 Å². The van der Waals surface area contributed by atoms with Crippen LogP contribution < -0.4 is 10.5 Å². The number of methoxy groups -OCH3 is 1. The van der Waals surface area contributed by atoms with Crippen LogP contribution >= 0.6 is 0 Å². The minimum atomic E-state index is -0.986. The van der Waals surface area contributed by atoms with E-state index in [0.717, 1.165) is 36.8 Å². The first kappa shape index (κ1) is 11.8. The molecule has 0 aromatic heterocycles. The predicted molar refractivity (Wildman–Crippen MR) is 65.6 cm³/mol. The minimum absolute atomic E-state index is 0.172. The van der Waals surface area contributed by atoms with Gasteiger partial charge >= 0.3 is 5.97 Å². The summed E-state index contributed by atoms with van der Waals surface area (Å²) < 4.78 is 5.14. The molecule has 0 saturated heterocycles. The maximum Gasteiger partial charge on any atom is 0.339 e. The number of nitrogen functional groups attached to an aromatic ring is 1. The smallest absolute Gasteiger partial charge is 0.339 e. The highest BCUT2D eigenvalue weighted by Gasteiger charge is 2.21. The molecule has 0 unspecified atom stereocenters. The van der Waals surface area contributed by atoms with Gasteiger partial charge in [0.1, 0.15) is 5.56 Å². The van der Waals surface area contributed by atoms with E-state index in [1.165, 1.54) is 13.5 Å². The Bertz CT molecular complexity index is 454. The van der Waals surface area contributed by atoms with Crippen LogP contribution in [0.25, 0.3) is 0 Å². The zero-order valence-corrected chi connectivity index (χ0v) is 9.95. The van der Waals surface area contributed by atoms with Crippen LogP contribution in [0.2, 0.25) is 0 Å². The van der Waals surface area contributed by atoms with Crippen LogP contribution in [-0.2, 0) is 12.8 Å². The average Bonchev–Trinajstić information content (AvgIpc) is 2.54. The lowest BCUT2D eigenvalue weighted by molar-refractivity contribution is 0.0693. The van der Waals surface area contributed by atoms with Crippen LogP contribution in [0.3, 0.4) is 0 Å². The Hall–Kier alpha value is -1.71. The molecule has 0 atom stereocenters. The van der Waals surface area contributed by atoms with Crippen LogP contribution in [-0.4, -0.2) is 18.2 Å². The van der Waals surface area contributed by atoms with Gasteiger partial charge in [0.2, 0.25) is 0 Å². The third kappa shape index (κ3) is 2.07. The number of anilines is 1. The number of benzene rings is 1. The van der Waals surface area contributed by atoms with Gasteiger partial charge in [-0.15, -0.1) is 0 Å². The third-order valence-corrected chi connectivity index (χ3v) is 3.33. The summed E-state index contributed by atoms with van der Waals surface area (Å²) in [5.74, 6) is -0.682. The summed E-state index contributed by atoms with van der Waals surface area (Å²) in [4.78, 5) is 11.2. The topological polar surface area (TPSA) is 72.5 Å². The molecule has 0 fully saturated rings. The van der Waals surface area contributed by atoms with E-state index >= 15 is 0 Å². The highest BCUT2D eigenvalue weighted by atomic mass is 16.5. The normalized spacial score (nSPS) is 14.9. The van der Waals surface area contributed by atoms with E-state index in [0.29, 0.717) is 11.4 Å². The fourth-order valence-corrected chi connectivity index (χ4v) is 2.47. The highest BCUT2D eigenvalue weighted by molar-refractivity contribution is 5.94. The summed E-state index contributed by atoms with van der Waals surface area (Å²) in [5.41, 5.74) is 8.85. The number of fused-ring (bicyclic) bond motifs is 1. The maximum absolute atomic E-state index is 11.2. The van der Waals surface area contributed by atoms with Gasteiger partial charge in [0.25, 0.3) is 0 Å². The summed E-state index contributed by atoms with van der Waals surface area (Å²) >= 11 is 0. The molecule has 92 valence electrons. The maximum atomic E-state index is 11.2. The largest absolute Gasteiger partial charge is 0.494 e. The van der Waals surface area contributed by atoms with E-state index in [1.54, 1.807) is 6.07 Å². The van der Waals surface area contributed by atoms with Crippen molar-refractivity contribution in [2.75, 3.05) is 12.8 Å². The molecule has 0 saturated carbocycles. The highest BCUT2D eigenvalue weighted by Crippen LogP contribution is 2.35. The van der Waals surface area contributed by atoms with E-state index in [9.17, 15) is 4.79 Å². The van der Waals surface area contributed by atoms with Gasteiger partial charge in [0.05, 0.1) is 12.8 Å². The molecule has 0 heterocycles. The van der Waals surface area contributed by atoms with Crippen LogP contribution in [0.15, 0.2) is 6.07 Å². The summed E-state index contributed by atoms with van der Waals surface area (Å²) in [7, 11) is 1.46. The number of aromatic carboxylic acids is 1. The van der Waals surface area contributed by atoms with E-state index in [4.69, 9.17) is 15.6 Å². The van der Waals surface area contributed by atoms with Gasteiger partial charge in [-0.1, -0.05) is 6.42 Å². The summed E-state index contributed by atoms with van der Waals surface area (Å²) in [6.07, 6.45) is 5.19. The van der Waals surface area contributed by atoms with Crippen LogP contribution in [0.1, 0.15) is 40.7 Å². The number of aryl methyl sites for hydroxylation is 1. The van der Waals surface area contributed by atoms with Crippen molar-refractivity contribution in [2.45, 2.75) is 32.1 Å². The number of hydrogen-bond donors (Lipinski definition) is 2. The number of nitrogens with two attached hydrogens (primary N) is 1. The number of ether oxygens (including phenoxy) is 1. The van der Waals surface area contributed by atoms with Gasteiger partial charge in [-0.2, -0.15) is 0 Å². The minimum Gasteiger partial charge on any atom is -0.494 e. The standard InChI is InChI=1S/C13H17NO3/c1-17-12-10(13(15)16)7-8-5-3-2-4-6-9(8)11(12)14/h7H,2-6,14H2,1H3,(H,15,16). The first-order valence-corrected chi connectivity index (χ1v) is 5.86. The third-order valence-electron chi connectivity index (χ3n) is 3.33. The molecule has 2 rings (SSSR count). The lowest BCUT2D eigenvalue weighted by Crippen LogP contribution is -2.08. The second-order valence-electron chi connectivity index (χ2n) is 4.37. The molecule has 0 spiro atoms. The quantitative estimate of drug-likeness (QED) is 0.609. The summed E-state index contributed by atoms with van der Waals surface area (Å²) in [5, 5.41) is 9.16. The lowest BCUT2D eigenvalue weighted by atomic mass is 9.97. The van der Waals surface area contributed by atoms with E-state index < -0.39 is 5.97 Å². The second-order valence-corrected chi connectivity index (χ2v) is 4.37. The molecule has 0 bridgehead atoms. The first-order valence-electron chi connectivity index (χ1n) is 5.86. The lowest BCUT2D eigenvalue weighted by Gasteiger charge is -2.15. The summed E-state index contributed by atoms with van der Waals surface area (Å²) in [6, 6.07) is 1.72. The van der Waals surface area contributed by atoms with Crippen LogP contribution in [0.5, 0.6) is 5.75 Å². The Labute approximate surface area is 100 Å². The second kappa shape index (κ2) is 4.65. The van der Waals surface area contributed by atoms with Crippen molar-refractivity contribution < 1.29 is 14.6 Å². The van der Waals surface area contributed by atoms with Crippen molar-refractivity contribution in [3.8, 4) is 5.75 Å². The average molecular weight is 235 g/mol. The summed E-state index contributed by atoms with van der Waals surface area (Å²) in [6.45, 7) is 0. The predicted octanol–water partition coefficient (Wildman–Crippen LogP) is 2.24. The molecule has 1 aliphatic rings. The molecular weight excluding hydrogens is 218 g/mol. The molecule has 1 aliphatic carbocycles. The van der Waals surface area contributed by atoms with E-state index in [1.807, 2.05) is 0 Å². The van der Waals surface area contributed by atoms with Gasteiger partial charge < -0.3 is 15.6 Å². The monoisotopic (exact) mass is 235 g/mol. The van der Waals surface area contributed by atoms with E-state index in [-0.39, 0.29) is 5.56 Å². The molecule has 1 aromatic rings. The number of carboxylic acids is 1. The molecule has 0 aliphatic heterocycles. The Morgan fingerprint density at radius 2 is 2.06 bits per heavy atom. The number of carbonyl (C=O) groups is 1. The van der Waals surface area contributed by atoms with Gasteiger partial charge in [-0.3, -0.25) is 0 Å². The van der Waals surface area contributed by atoms with Crippen molar-refractivity contribution >= 4 is 11.7 Å². The first-order chi connectivity index (χ1) is 8.15. The molecule has 17 heavy (non-hydrogen) atoms. The SMILES string of the molecule is COc1c(C(=O)O)cc2c(c1N)CCCCC2. The van der Waals surface area contributed by atoms with Crippen LogP contribution in [0, 0.1) is 0 Å². The van der Waals surface area contributed by atoms with E-state index in [2.05, 4.69) is 0 Å².